The zero-order chi connectivity index (χ0) is 84.4. The van der Waals surface area contributed by atoms with Gasteiger partial charge >= 0.3 is 0 Å². The van der Waals surface area contributed by atoms with Crippen LogP contribution in [0.4, 0.5) is 46.5 Å². The Morgan fingerprint density at radius 3 is 1.05 bits per heavy atom. The molecule has 7 aromatic carbocycles. The third-order valence-corrected chi connectivity index (χ3v) is 14.3. The van der Waals surface area contributed by atoms with Crippen LogP contribution in [0.3, 0.4) is 0 Å². The van der Waals surface area contributed by atoms with Crippen molar-refractivity contribution in [3.05, 3.63) is 289 Å². The molecule has 0 bridgehead atoms. The van der Waals surface area contributed by atoms with Crippen LogP contribution in [0.1, 0.15) is 206 Å². The molecule has 600 valence electrons. The first-order valence-electron chi connectivity index (χ1n) is 41.2. The lowest BCUT2D eigenvalue weighted by Gasteiger charge is -2.10. The van der Waals surface area contributed by atoms with Gasteiger partial charge in [-0.25, -0.2) is 39.9 Å². The Bertz CT molecular complexity index is 4370. The van der Waals surface area contributed by atoms with Crippen molar-refractivity contribution >= 4 is 63.5 Å². The van der Waals surface area contributed by atoms with Crippen molar-refractivity contribution in [3.63, 3.8) is 0 Å². The summed E-state index contributed by atoms with van der Waals surface area (Å²) in [6, 6.07) is 69.2. The molecule has 14 heteroatoms. The molecule has 0 saturated carbocycles. The highest BCUT2D eigenvalue weighted by molar-refractivity contribution is 5.94. The van der Waals surface area contributed by atoms with Gasteiger partial charge in [0.2, 0.25) is 23.8 Å². The summed E-state index contributed by atoms with van der Waals surface area (Å²) in [5.74, 6) is 2.41. The van der Waals surface area contributed by atoms with Crippen LogP contribution < -0.4 is 21.3 Å². The summed E-state index contributed by atoms with van der Waals surface area (Å²) >= 11 is 0. The standard InChI is InChI=1S/C21H20N4.C20H17N3.C17H15N3.C16H14N4.12C2H6/c1-3-25-13-11-18-17(8-5-9-20(18)25)19-10-12-22-21(24-19)23-16-7-4-6-15(2)14-16;1-14-5-2-8-16(13-14)22-20-21-12-11-19(23-20)18-10-4-7-15-6-3-9-17(15)18;1-13-6-5-9-15(12-13)19-17-18-11-10-16(20-17)14-7-3-2-4-8-14;1-12-4-2-6-14(10-12)19-16-18-9-7-15(20-16)13-5-3-8-17-11-13;12*1-2/h4-14H,3H2,1-2H3,(H,22,23,24);2-5,7-13H,6H2,1H3,(H,21,22,23);2-12H,1H3,(H,18,19,20);2-11H,1H3,(H,18,19,20);12*1-2H3. The van der Waals surface area contributed by atoms with Gasteiger partial charge in [-0.15, -0.1) is 0 Å². The highest BCUT2D eigenvalue weighted by Crippen LogP contribution is 2.32. The third-order valence-electron chi connectivity index (χ3n) is 14.3. The predicted octanol–water partition coefficient (Wildman–Crippen LogP) is 30.0. The second-order valence-corrected chi connectivity index (χ2v) is 21.0. The first kappa shape index (κ1) is 103. The van der Waals surface area contributed by atoms with E-state index in [1.54, 1.807) is 37.2 Å². The number of anilines is 8. The second-order valence-electron chi connectivity index (χ2n) is 21.0. The number of hydrogen-bond donors (Lipinski definition) is 4. The molecule has 0 spiro atoms. The van der Waals surface area contributed by atoms with Gasteiger partial charge in [0.25, 0.3) is 0 Å². The maximum atomic E-state index is 4.72. The SMILES string of the molecule is CC.CC.CC.CC.CC.CC.CC.CC.CC.CC.CC.CC.CCn1ccc2c(-c3ccnc(Nc4cccc(C)c4)n3)cccc21.Cc1cccc(Nc2nccc(-c3cccc4c3C=CC4)n2)c1.Cc1cccc(Nc2nccc(-c3ccccc3)n2)c1.Cc1cccc(Nc2nccc(-c3cccnc3)n2)c1. The molecule has 112 heavy (non-hydrogen) atoms. The molecule has 6 heterocycles. The minimum atomic E-state index is 0.581. The van der Waals surface area contributed by atoms with Crippen LogP contribution in [-0.2, 0) is 13.0 Å². The predicted molar refractivity (Wildman–Crippen MR) is 496 cm³/mol. The molecular formula is C98H138N14. The molecule has 0 radical (unpaired) electrons. The van der Waals surface area contributed by atoms with Crippen LogP contribution in [0, 0.1) is 27.7 Å². The number of aromatic nitrogens is 10. The van der Waals surface area contributed by atoms with E-state index in [-0.39, 0.29) is 0 Å². The van der Waals surface area contributed by atoms with Gasteiger partial charge in [0, 0.05) is 106 Å². The summed E-state index contributed by atoms with van der Waals surface area (Å²) in [6.45, 7) is 59.4. The number of rotatable bonds is 13. The molecule has 0 saturated heterocycles. The minimum absolute atomic E-state index is 0.581. The van der Waals surface area contributed by atoms with Crippen molar-refractivity contribution in [3.8, 4) is 45.0 Å². The monoisotopic (exact) mass is 1510 g/mol. The van der Waals surface area contributed by atoms with Crippen molar-refractivity contribution in [2.24, 2.45) is 0 Å². The summed E-state index contributed by atoms with van der Waals surface area (Å²) in [6.07, 6.45) is 18.2. The van der Waals surface area contributed by atoms with Gasteiger partial charge in [0.15, 0.2) is 0 Å². The van der Waals surface area contributed by atoms with Gasteiger partial charge < -0.3 is 25.8 Å². The zero-order valence-corrected chi connectivity index (χ0v) is 73.7. The van der Waals surface area contributed by atoms with Crippen molar-refractivity contribution < 1.29 is 0 Å². The smallest absolute Gasteiger partial charge is 0.227 e. The van der Waals surface area contributed by atoms with Gasteiger partial charge in [-0.1, -0.05) is 288 Å². The van der Waals surface area contributed by atoms with Crippen molar-refractivity contribution in [2.45, 2.75) is 214 Å². The Kier molecular flexibility index (Phi) is 59.9. The Hall–Kier alpha value is -11.5. The molecule has 0 unspecified atom stereocenters. The molecule has 14 rings (SSSR count). The van der Waals surface area contributed by atoms with Gasteiger partial charge in [-0.2, -0.15) is 0 Å². The lowest BCUT2D eigenvalue weighted by Crippen LogP contribution is -1.99. The normalized spacial score (nSPS) is 9.26. The van der Waals surface area contributed by atoms with E-state index in [1.165, 1.54) is 44.3 Å². The Morgan fingerprint density at radius 1 is 0.321 bits per heavy atom. The van der Waals surface area contributed by atoms with Crippen molar-refractivity contribution in [1.29, 1.82) is 0 Å². The van der Waals surface area contributed by atoms with E-state index >= 15 is 0 Å². The molecule has 14 nitrogen and oxygen atoms in total. The number of allylic oxidation sites excluding steroid dienone is 1. The van der Waals surface area contributed by atoms with E-state index in [4.69, 9.17) is 4.98 Å². The molecule has 4 N–H and O–H groups in total. The van der Waals surface area contributed by atoms with E-state index in [2.05, 4.69) is 210 Å². The minimum Gasteiger partial charge on any atom is -0.348 e. The van der Waals surface area contributed by atoms with Gasteiger partial charge in [0.05, 0.1) is 22.8 Å². The fourth-order valence-electron chi connectivity index (χ4n) is 10.1. The van der Waals surface area contributed by atoms with E-state index in [0.717, 1.165) is 80.7 Å². The zero-order valence-electron chi connectivity index (χ0n) is 73.7. The quantitative estimate of drug-likeness (QED) is 0.0861. The maximum absolute atomic E-state index is 4.72. The van der Waals surface area contributed by atoms with Crippen LogP contribution in [0.25, 0.3) is 62.0 Å². The van der Waals surface area contributed by atoms with E-state index in [9.17, 15) is 0 Å². The lowest BCUT2D eigenvalue weighted by molar-refractivity contribution is 0.798. The fourth-order valence-corrected chi connectivity index (χ4v) is 10.1. The van der Waals surface area contributed by atoms with E-state index < -0.39 is 0 Å². The molecule has 1 aliphatic rings. The van der Waals surface area contributed by atoms with Crippen LogP contribution in [0.5, 0.6) is 0 Å². The van der Waals surface area contributed by atoms with Crippen molar-refractivity contribution in [1.82, 2.24) is 49.4 Å². The van der Waals surface area contributed by atoms with Gasteiger partial charge in [-0.3, -0.25) is 4.98 Å². The summed E-state index contributed by atoms with van der Waals surface area (Å²) in [4.78, 5) is 39.8. The first-order valence-corrected chi connectivity index (χ1v) is 41.2. The number of nitrogens with zero attached hydrogens (tertiary/aromatic N) is 10. The summed E-state index contributed by atoms with van der Waals surface area (Å²) < 4.78 is 2.24. The molecule has 1 aliphatic carbocycles. The largest absolute Gasteiger partial charge is 0.348 e. The number of hydrogen-bond acceptors (Lipinski definition) is 13. The van der Waals surface area contributed by atoms with E-state index in [0.29, 0.717) is 23.8 Å². The Balaban J connectivity index is 0. The molecule has 6 aromatic heterocycles. The van der Waals surface area contributed by atoms with Crippen LogP contribution in [0.15, 0.2) is 256 Å². The van der Waals surface area contributed by atoms with Gasteiger partial charge in [0.1, 0.15) is 0 Å². The van der Waals surface area contributed by atoms with Crippen LogP contribution in [0.2, 0.25) is 0 Å². The number of aryl methyl sites for hydroxylation is 5. The first-order chi connectivity index (χ1) is 55.2. The summed E-state index contributed by atoms with van der Waals surface area (Å²) in [5, 5.41) is 14.2. The number of benzene rings is 7. The molecule has 0 fully saturated rings. The molecular weight excluding hydrogens is 1370 g/mol. The molecule has 13 aromatic rings. The highest BCUT2D eigenvalue weighted by Gasteiger charge is 2.14. The molecule has 0 aliphatic heterocycles. The Labute approximate surface area is 678 Å². The van der Waals surface area contributed by atoms with E-state index in [1.807, 2.05) is 281 Å². The second kappa shape index (κ2) is 65.4. The van der Waals surface area contributed by atoms with Crippen molar-refractivity contribution in [2.75, 3.05) is 21.3 Å². The molecule has 0 amide bonds. The third kappa shape index (κ3) is 35.9. The number of nitrogens with one attached hydrogen (secondary N) is 4. The lowest BCUT2D eigenvalue weighted by atomic mass is 10.0. The highest BCUT2D eigenvalue weighted by atomic mass is 15.1. The Morgan fingerprint density at radius 2 is 0.670 bits per heavy atom. The maximum Gasteiger partial charge on any atom is 0.227 e. The number of fused-ring (bicyclic) bond motifs is 2. The number of pyridine rings is 1. The summed E-state index contributed by atoms with van der Waals surface area (Å²) in [7, 11) is 0. The summed E-state index contributed by atoms with van der Waals surface area (Å²) in [5.41, 5.74) is 20.6. The topological polar surface area (TPSA) is 169 Å². The average molecular weight is 1510 g/mol. The van der Waals surface area contributed by atoms with Crippen LogP contribution in [-0.4, -0.2) is 49.4 Å². The van der Waals surface area contributed by atoms with Crippen LogP contribution >= 0.6 is 0 Å². The average Bonchev–Trinajstić information content (AvgIpc) is 1.62. The van der Waals surface area contributed by atoms with Gasteiger partial charge in [-0.05, 0) is 171 Å². The molecule has 0 atom stereocenters. The fraction of sp³-hybridized carbons (Fsp3) is 0.316.